The third kappa shape index (κ3) is 2.30. The molecule has 0 bridgehead atoms. The van der Waals surface area contributed by atoms with E-state index in [0.717, 1.165) is 19.5 Å². The zero-order valence-electron chi connectivity index (χ0n) is 9.24. The minimum absolute atomic E-state index is 0.0264. The van der Waals surface area contributed by atoms with Gasteiger partial charge in [0.05, 0.1) is 0 Å². The van der Waals surface area contributed by atoms with Crippen molar-refractivity contribution in [3.63, 3.8) is 0 Å². The number of nitrogens with two attached hydrogens (primary N) is 1. The summed E-state index contributed by atoms with van der Waals surface area (Å²) >= 11 is 5.88. The van der Waals surface area contributed by atoms with E-state index < -0.39 is 0 Å². The lowest BCUT2D eigenvalue weighted by molar-refractivity contribution is 0.0788. The number of halogens is 1. The maximum Gasteiger partial charge on any atom is 0.253 e. The highest BCUT2D eigenvalue weighted by atomic mass is 35.5. The standard InChI is InChI=1S/C12H15ClN2O/c1-8-2-3-15(7-8)12(16)9-4-10(13)6-11(14)5-9/h4-6,8H,2-3,7,14H2,1H3. The van der Waals surface area contributed by atoms with Crippen LogP contribution in [0.5, 0.6) is 0 Å². The second-order valence-corrected chi connectivity index (χ2v) is 4.85. The fourth-order valence-electron chi connectivity index (χ4n) is 2.04. The second-order valence-electron chi connectivity index (χ2n) is 4.42. The van der Waals surface area contributed by atoms with E-state index in [1.807, 2.05) is 4.90 Å². The molecule has 1 unspecified atom stereocenters. The Morgan fingerprint density at radius 2 is 2.25 bits per heavy atom. The molecule has 1 aromatic rings. The molecule has 0 aromatic heterocycles. The molecule has 4 heteroatoms. The van der Waals surface area contributed by atoms with Crippen LogP contribution in [0.2, 0.25) is 5.02 Å². The zero-order chi connectivity index (χ0) is 11.7. The Bertz CT molecular complexity index is 399. The summed E-state index contributed by atoms with van der Waals surface area (Å²) in [5, 5.41) is 0.510. The fraction of sp³-hybridized carbons (Fsp3) is 0.417. The number of anilines is 1. The van der Waals surface area contributed by atoms with Gasteiger partial charge in [0, 0.05) is 29.4 Å². The van der Waals surface area contributed by atoms with E-state index in [4.69, 9.17) is 17.3 Å². The maximum atomic E-state index is 12.1. The normalized spacial score (nSPS) is 20.1. The van der Waals surface area contributed by atoms with E-state index in [-0.39, 0.29) is 5.91 Å². The quantitative estimate of drug-likeness (QED) is 0.764. The van der Waals surface area contributed by atoms with Gasteiger partial charge in [-0.3, -0.25) is 4.79 Å². The van der Waals surface area contributed by atoms with Gasteiger partial charge in [-0.05, 0) is 30.5 Å². The van der Waals surface area contributed by atoms with E-state index in [1.165, 1.54) is 0 Å². The molecule has 0 spiro atoms. The summed E-state index contributed by atoms with van der Waals surface area (Å²) in [5.74, 6) is 0.610. The first-order valence-corrected chi connectivity index (χ1v) is 5.79. The molecule has 0 saturated carbocycles. The third-order valence-corrected chi connectivity index (χ3v) is 3.10. The molecule has 1 fully saturated rings. The van der Waals surface area contributed by atoms with Crippen molar-refractivity contribution < 1.29 is 4.79 Å². The average molecular weight is 239 g/mol. The summed E-state index contributed by atoms with van der Waals surface area (Å²) in [6, 6.07) is 4.99. The molecule has 16 heavy (non-hydrogen) atoms. The highest BCUT2D eigenvalue weighted by molar-refractivity contribution is 6.31. The number of carbonyl (C=O) groups excluding carboxylic acids is 1. The van der Waals surface area contributed by atoms with E-state index in [0.29, 0.717) is 22.2 Å². The van der Waals surface area contributed by atoms with Gasteiger partial charge in [0.25, 0.3) is 5.91 Å². The number of hydrogen-bond donors (Lipinski definition) is 1. The van der Waals surface area contributed by atoms with Gasteiger partial charge in [0.2, 0.25) is 0 Å². The minimum atomic E-state index is 0.0264. The van der Waals surface area contributed by atoms with Crippen LogP contribution in [0.25, 0.3) is 0 Å². The first-order chi connectivity index (χ1) is 7.56. The smallest absolute Gasteiger partial charge is 0.253 e. The van der Waals surface area contributed by atoms with Crippen LogP contribution < -0.4 is 5.73 Å². The van der Waals surface area contributed by atoms with Crippen molar-refractivity contribution in [3.05, 3.63) is 28.8 Å². The van der Waals surface area contributed by atoms with Crippen LogP contribution in [-0.2, 0) is 0 Å². The summed E-state index contributed by atoms with van der Waals surface area (Å²) in [7, 11) is 0. The number of nitrogen functional groups attached to an aromatic ring is 1. The lowest BCUT2D eigenvalue weighted by atomic mass is 10.1. The third-order valence-electron chi connectivity index (χ3n) is 2.88. The molecule has 86 valence electrons. The van der Waals surface area contributed by atoms with Crippen molar-refractivity contribution in [2.45, 2.75) is 13.3 Å². The lowest BCUT2D eigenvalue weighted by Crippen LogP contribution is -2.28. The molecule has 1 atom stereocenters. The van der Waals surface area contributed by atoms with E-state index in [2.05, 4.69) is 6.92 Å². The predicted molar refractivity (Wildman–Crippen MR) is 65.5 cm³/mol. The summed E-state index contributed by atoms with van der Waals surface area (Å²) in [4.78, 5) is 14.0. The van der Waals surface area contributed by atoms with Gasteiger partial charge in [0.1, 0.15) is 0 Å². The van der Waals surface area contributed by atoms with Crippen LogP contribution >= 0.6 is 11.6 Å². The lowest BCUT2D eigenvalue weighted by Gasteiger charge is -2.16. The van der Waals surface area contributed by atoms with Gasteiger partial charge < -0.3 is 10.6 Å². The summed E-state index contributed by atoms with van der Waals surface area (Å²) < 4.78 is 0. The molecule has 1 amide bonds. The van der Waals surface area contributed by atoms with Crippen molar-refractivity contribution in [1.82, 2.24) is 4.90 Å². The van der Waals surface area contributed by atoms with Gasteiger partial charge in [-0.2, -0.15) is 0 Å². The van der Waals surface area contributed by atoms with E-state index in [1.54, 1.807) is 18.2 Å². The first kappa shape index (κ1) is 11.3. The summed E-state index contributed by atoms with van der Waals surface area (Å²) in [6.45, 7) is 3.80. The molecule has 3 nitrogen and oxygen atoms in total. The molecule has 1 saturated heterocycles. The molecule has 0 radical (unpaired) electrons. The van der Waals surface area contributed by atoms with Crippen molar-refractivity contribution in [1.29, 1.82) is 0 Å². The number of rotatable bonds is 1. The van der Waals surface area contributed by atoms with Gasteiger partial charge in [0.15, 0.2) is 0 Å². The van der Waals surface area contributed by atoms with Gasteiger partial charge >= 0.3 is 0 Å². The summed E-state index contributed by atoms with van der Waals surface area (Å²) in [5.41, 5.74) is 6.78. The predicted octanol–water partition coefficient (Wildman–Crippen LogP) is 2.40. The molecule has 0 aliphatic carbocycles. The maximum absolute atomic E-state index is 12.1. The van der Waals surface area contributed by atoms with Gasteiger partial charge in [-0.25, -0.2) is 0 Å². The highest BCUT2D eigenvalue weighted by Gasteiger charge is 2.24. The average Bonchev–Trinajstić information content (AvgIpc) is 2.62. The monoisotopic (exact) mass is 238 g/mol. The van der Waals surface area contributed by atoms with Crippen LogP contribution in [0.3, 0.4) is 0 Å². The number of likely N-dealkylation sites (tertiary alicyclic amines) is 1. The minimum Gasteiger partial charge on any atom is -0.399 e. The van der Waals surface area contributed by atoms with Gasteiger partial charge in [-0.15, -0.1) is 0 Å². The zero-order valence-corrected chi connectivity index (χ0v) is 10.00. The Balaban J connectivity index is 2.20. The van der Waals surface area contributed by atoms with Crippen LogP contribution in [0.1, 0.15) is 23.7 Å². The highest BCUT2D eigenvalue weighted by Crippen LogP contribution is 2.21. The number of nitrogens with zero attached hydrogens (tertiary/aromatic N) is 1. The van der Waals surface area contributed by atoms with Crippen LogP contribution in [0, 0.1) is 5.92 Å². The SMILES string of the molecule is CC1CCN(C(=O)c2cc(N)cc(Cl)c2)C1. The van der Waals surface area contributed by atoms with Crippen LogP contribution in [0.4, 0.5) is 5.69 Å². The molecule has 1 aromatic carbocycles. The van der Waals surface area contributed by atoms with Crippen LogP contribution in [-0.4, -0.2) is 23.9 Å². The summed E-state index contributed by atoms with van der Waals surface area (Å²) in [6.07, 6.45) is 1.07. The first-order valence-electron chi connectivity index (χ1n) is 5.41. The number of carbonyl (C=O) groups is 1. The van der Waals surface area contributed by atoms with Crippen molar-refractivity contribution >= 4 is 23.2 Å². The Morgan fingerprint density at radius 1 is 1.50 bits per heavy atom. The fourth-order valence-corrected chi connectivity index (χ4v) is 2.28. The van der Waals surface area contributed by atoms with Crippen molar-refractivity contribution in [3.8, 4) is 0 Å². The van der Waals surface area contributed by atoms with E-state index in [9.17, 15) is 4.79 Å². The Morgan fingerprint density at radius 3 is 2.81 bits per heavy atom. The molecular weight excluding hydrogens is 224 g/mol. The molecule has 1 heterocycles. The molecule has 2 rings (SSSR count). The molecular formula is C12H15ClN2O. The van der Waals surface area contributed by atoms with Crippen molar-refractivity contribution in [2.24, 2.45) is 5.92 Å². The molecule has 2 N–H and O–H groups in total. The second kappa shape index (κ2) is 4.34. The Kier molecular flexibility index (Phi) is 3.06. The van der Waals surface area contributed by atoms with E-state index >= 15 is 0 Å². The van der Waals surface area contributed by atoms with Crippen molar-refractivity contribution in [2.75, 3.05) is 18.8 Å². The number of hydrogen-bond acceptors (Lipinski definition) is 2. The molecule has 1 aliphatic rings. The van der Waals surface area contributed by atoms with Crippen LogP contribution in [0.15, 0.2) is 18.2 Å². The Hall–Kier alpha value is -1.22. The number of benzene rings is 1. The number of amides is 1. The molecule has 1 aliphatic heterocycles. The topological polar surface area (TPSA) is 46.3 Å². The Labute approximate surface area is 100 Å². The van der Waals surface area contributed by atoms with Gasteiger partial charge in [-0.1, -0.05) is 18.5 Å². The largest absolute Gasteiger partial charge is 0.399 e.